The monoisotopic (exact) mass is 432 g/mol. The third-order valence-corrected chi connectivity index (χ3v) is 6.63. The SMILES string of the molecule is Cc1ccccc1/C(C#N)=C1\C=CS\C1=N/OS(=O)(=O)c1cccc2ccccc12. The first kappa shape index (κ1) is 20.0. The minimum absolute atomic E-state index is 0.0471. The van der Waals surface area contributed by atoms with Gasteiger partial charge in [0, 0.05) is 11.0 Å². The quantitative estimate of drug-likeness (QED) is 0.407. The van der Waals surface area contributed by atoms with Crippen molar-refractivity contribution in [1.29, 1.82) is 5.26 Å². The molecule has 0 radical (unpaired) electrons. The lowest BCUT2D eigenvalue weighted by Crippen LogP contribution is -2.06. The third kappa shape index (κ3) is 3.75. The molecule has 0 aromatic heterocycles. The number of benzene rings is 3. The molecule has 0 spiro atoms. The van der Waals surface area contributed by atoms with E-state index in [0.717, 1.165) is 16.5 Å². The third-order valence-electron chi connectivity index (χ3n) is 4.68. The molecule has 3 aromatic carbocycles. The van der Waals surface area contributed by atoms with E-state index in [1.807, 2.05) is 49.4 Å². The van der Waals surface area contributed by atoms with Crippen molar-refractivity contribution in [3.63, 3.8) is 0 Å². The first-order chi connectivity index (χ1) is 14.5. The molecule has 3 aromatic rings. The zero-order chi connectivity index (χ0) is 21.1. The number of fused-ring (bicyclic) bond motifs is 1. The van der Waals surface area contributed by atoms with Crippen molar-refractivity contribution in [1.82, 2.24) is 0 Å². The van der Waals surface area contributed by atoms with Crippen molar-refractivity contribution in [2.24, 2.45) is 5.16 Å². The summed E-state index contributed by atoms with van der Waals surface area (Å²) in [6.07, 6.45) is 1.74. The largest absolute Gasteiger partial charge is 0.359 e. The van der Waals surface area contributed by atoms with Crippen molar-refractivity contribution < 1.29 is 12.7 Å². The van der Waals surface area contributed by atoms with Gasteiger partial charge in [-0.05, 0) is 41.0 Å². The van der Waals surface area contributed by atoms with Crippen molar-refractivity contribution in [3.05, 3.63) is 94.9 Å². The molecule has 0 aliphatic carbocycles. The molecule has 4 rings (SSSR count). The average molecular weight is 433 g/mol. The number of aryl methyl sites for hydroxylation is 1. The van der Waals surface area contributed by atoms with Gasteiger partial charge in [0.2, 0.25) is 0 Å². The molecule has 1 aliphatic rings. The second kappa shape index (κ2) is 8.19. The van der Waals surface area contributed by atoms with E-state index in [9.17, 15) is 13.7 Å². The van der Waals surface area contributed by atoms with Crippen molar-refractivity contribution in [2.75, 3.05) is 0 Å². The van der Waals surface area contributed by atoms with Crippen molar-refractivity contribution in [2.45, 2.75) is 11.8 Å². The summed E-state index contributed by atoms with van der Waals surface area (Å²) in [5.41, 5.74) is 2.66. The molecule has 5 nitrogen and oxygen atoms in total. The van der Waals surface area contributed by atoms with Crippen LogP contribution in [0.2, 0.25) is 0 Å². The van der Waals surface area contributed by atoms with Crippen LogP contribution >= 0.6 is 11.8 Å². The van der Waals surface area contributed by atoms with E-state index in [-0.39, 0.29) is 4.90 Å². The lowest BCUT2D eigenvalue weighted by molar-refractivity contribution is 0.341. The number of rotatable bonds is 4. The summed E-state index contributed by atoms with van der Waals surface area (Å²) in [6.45, 7) is 1.91. The van der Waals surface area contributed by atoms with Crippen LogP contribution in [0.1, 0.15) is 11.1 Å². The molecule has 148 valence electrons. The molecule has 0 unspecified atom stereocenters. The van der Waals surface area contributed by atoms with Gasteiger partial charge < -0.3 is 0 Å². The number of hydrogen-bond donors (Lipinski definition) is 0. The molecule has 7 heteroatoms. The normalized spacial score (nSPS) is 16.6. The Kier molecular flexibility index (Phi) is 5.44. The van der Waals surface area contributed by atoms with Gasteiger partial charge in [-0.15, -0.1) is 0 Å². The van der Waals surface area contributed by atoms with Gasteiger partial charge in [0.25, 0.3) is 0 Å². The number of oxime groups is 1. The Bertz CT molecular complexity index is 1380. The summed E-state index contributed by atoms with van der Waals surface area (Å²) in [7, 11) is -4.14. The summed E-state index contributed by atoms with van der Waals surface area (Å²) in [4.78, 5) is 0.0471. The standard InChI is InChI=1S/C23H16N2O3S2/c1-16-7-2-4-10-18(16)21(15-24)20-13-14-29-23(20)25-28-30(26,27)22-12-6-9-17-8-3-5-11-19(17)22/h2-14H,1H3/b21-20+,25-23-. The highest BCUT2D eigenvalue weighted by atomic mass is 32.2. The zero-order valence-electron chi connectivity index (χ0n) is 15.9. The molecular formula is C23H16N2O3S2. The highest BCUT2D eigenvalue weighted by molar-refractivity contribution is 8.17. The number of nitriles is 1. The summed E-state index contributed by atoms with van der Waals surface area (Å²) in [5, 5.41) is 17.1. The van der Waals surface area contributed by atoms with Crippen LogP contribution in [0.3, 0.4) is 0 Å². The van der Waals surface area contributed by atoms with E-state index in [0.29, 0.717) is 21.6 Å². The average Bonchev–Trinajstić information content (AvgIpc) is 3.22. The predicted octanol–water partition coefficient (Wildman–Crippen LogP) is 5.40. The van der Waals surface area contributed by atoms with Crippen LogP contribution in [-0.2, 0) is 14.4 Å². The molecule has 0 atom stereocenters. The summed E-state index contributed by atoms with van der Waals surface area (Å²) >= 11 is 1.21. The molecule has 0 amide bonds. The maximum atomic E-state index is 12.8. The second-order valence-corrected chi connectivity index (χ2v) is 8.93. The minimum Gasteiger partial charge on any atom is -0.264 e. The van der Waals surface area contributed by atoms with Crippen LogP contribution in [0.5, 0.6) is 0 Å². The smallest absolute Gasteiger partial charge is 0.264 e. The zero-order valence-corrected chi connectivity index (χ0v) is 17.6. The van der Waals surface area contributed by atoms with Gasteiger partial charge >= 0.3 is 10.1 Å². The number of thioether (sulfide) groups is 1. The molecule has 0 bridgehead atoms. The van der Waals surface area contributed by atoms with E-state index in [1.165, 1.54) is 17.8 Å². The van der Waals surface area contributed by atoms with Gasteiger partial charge in [-0.2, -0.15) is 13.7 Å². The first-order valence-electron chi connectivity index (χ1n) is 9.04. The fraction of sp³-hybridized carbons (Fsp3) is 0.0435. The lowest BCUT2D eigenvalue weighted by atomic mass is 9.97. The van der Waals surface area contributed by atoms with Crippen LogP contribution in [0.4, 0.5) is 0 Å². The number of nitrogens with zero attached hydrogens (tertiary/aromatic N) is 2. The Balaban J connectivity index is 1.73. The molecule has 0 fully saturated rings. The fourth-order valence-electron chi connectivity index (χ4n) is 3.22. The Morgan fingerprint density at radius 3 is 2.57 bits per heavy atom. The fourth-order valence-corrected chi connectivity index (χ4v) is 4.93. The van der Waals surface area contributed by atoms with Gasteiger partial charge in [0.05, 0.1) is 5.57 Å². The van der Waals surface area contributed by atoms with E-state index in [2.05, 4.69) is 11.2 Å². The molecular weight excluding hydrogens is 416 g/mol. The first-order valence-corrected chi connectivity index (χ1v) is 11.3. The van der Waals surface area contributed by atoms with Gasteiger partial charge in [0.1, 0.15) is 16.0 Å². The van der Waals surface area contributed by atoms with E-state index in [4.69, 9.17) is 4.28 Å². The van der Waals surface area contributed by atoms with Crippen LogP contribution in [0, 0.1) is 18.3 Å². The molecule has 1 aliphatic heterocycles. The van der Waals surface area contributed by atoms with Crippen LogP contribution in [0.15, 0.2) is 93.8 Å². The van der Waals surface area contributed by atoms with E-state index in [1.54, 1.807) is 29.7 Å². The van der Waals surface area contributed by atoms with Gasteiger partial charge in [-0.25, -0.2) is 0 Å². The van der Waals surface area contributed by atoms with Crippen LogP contribution in [-0.4, -0.2) is 13.5 Å². The summed E-state index contributed by atoms with van der Waals surface area (Å²) in [6, 6.07) is 21.9. The molecule has 0 N–H and O–H groups in total. The highest BCUT2D eigenvalue weighted by Gasteiger charge is 2.23. The van der Waals surface area contributed by atoms with Crippen molar-refractivity contribution in [3.8, 4) is 6.07 Å². The predicted molar refractivity (Wildman–Crippen MR) is 120 cm³/mol. The molecule has 30 heavy (non-hydrogen) atoms. The second-order valence-electron chi connectivity index (χ2n) is 6.54. The lowest BCUT2D eigenvalue weighted by Gasteiger charge is -2.08. The van der Waals surface area contributed by atoms with Gasteiger partial charge in [-0.1, -0.05) is 77.6 Å². The topological polar surface area (TPSA) is 79.5 Å². The Hall–Kier alpha value is -3.34. The molecule has 0 saturated carbocycles. The molecule has 0 saturated heterocycles. The Morgan fingerprint density at radius 1 is 1.03 bits per heavy atom. The maximum absolute atomic E-state index is 12.8. The summed E-state index contributed by atoms with van der Waals surface area (Å²) < 4.78 is 30.7. The van der Waals surface area contributed by atoms with Gasteiger partial charge in [0.15, 0.2) is 0 Å². The minimum atomic E-state index is -4.14. The number of allylic oxidation sites excluding steroid dienone is 2. The van der Waals surface area contributed by atoms with Gasteiger partial charge in [-0.3, -0.25) is 4.28 Å². The Morgan fingerprint density at radius 2 is 1.77 bits per heavy atom. The maximum Gasteiger partial charge on any atom is 0.359 e. The van der Waals surface area contributed by atoms with E-state index >= 15 is 0 Å². The van der Waals surface area contributed by atoms with Crippen LogP contribution < -0.4 is 0 Å². The Labute approximate surface area is 179 Å². The van der Waals surface area contributed by atoms with Crippen molar-refractivity contribution >= 4 is 43.3 Å². The molecule has 1 heterocycles. The highest BCUT2D eigenvalue weighted by Crippen LogP contribution is 2.32. The van der Waals surface area contributed by atoms with Crippen LogP contribution in [0.25, 0.3) is 16.3 Å². The van der Waals surface area contributed by atoms with E-state index < -0.39 is 10.1 Å². The summed E-state index contributed by atoms with van der Waals surface area (Å²) in [5.74, 6) is 0. The number of hydrogen-bond acceptors (Lipinski definition) is 6.